The second kappa shape index (κ2) is 6.91. The van der Waals surface area contributed by atoms with Crippen molar-refractivity contribution in [1.29, 1.82) is 5.26 Å². The number of ether oxygens (including phenoxy) is 1. The molecule has 0 atom stereocenters. The second-order valence-electron chi connectivity index (χ2n) is 5.43. The number of hydrogen-bond donors (Lipinski definition) is 1. The fraction of sp³-hybridized carbons (Fsp3) is 0.0526. The Morgan fingerprint density at radius 3 is 2.46 bits per heavy atom. The lowest BCUT2D eigenvalue weighted by Crippen LogP contribution is -2.01. The number of methoxy groups -OCH3 is 1. The van der Waals surface area contributed by atoms with E-state index in [4.69, 9.17) is 10.5 Å². The average Bonchev–Trinajstić information content (AvgIpc) is 2.67. The summed E-state index contributed by atoms with van der Waals surface area (Å²) in [7, 11) is 1.57. The van der Waals surface area contributed by atoms with Gasteiger partial charge in [-0.25, -0.2) is 4.98 Å². The molecule has 0 amide bonds. The number of benzene rings is 2. The summed E-state index contributed by atoms with van der Waals surface area (Å²) >= 11 is 0. The first-order chi connectivity index (χ1) is 12.5. The maximum Gasteiger partial charge on any atom is 0.277 e. The van der Waals surface area contributed by atoms with Gasteiger partial charge in [0.15, 0.2) is 0 Å². The Labute approximate surface area is 149 Å². The van der Waals surface area contributed by atoms with E-state index in [-0.39, 0.29) is 17.1 Å². The summed E-state index contributed by atoms with van der Waals surface area (Å²) in [4.78, 5) is 15.2. The van der Waals surface area contributed by atoms with Gasteiger partial charge in [0.25, 0.3) is 5.69 Å². The van der Waals surface area contributed by atoms with Crippen molar-refractivity contribution in [3.8, 4) is 34.2 Å². The molecule has 1 aromatic heterocycles. The van der Waals surface area contributed by atoms with Crippen LogP contribution in [0.25, 0.3) is 22.4 Å². The van der Waals surface area contributed by atoms with Crippen LogP contribution in [0.4, 0.5) is 11.5 Å². The zero-order chi connectivity index (χ0) is 18.7. The van der Waals surface area contributed by atoms with Gasteiger partial charge in [-0.1, -0.05) is 12.1 Å². The summed E-state index contributed by atoms with van der Waals surface area (Å²) < 4.78 is 5.14. The lowest BCUT2D eigenvalue weighted by molar-refractivity contribution is -0.384. The van der Waals surface area contributed by atoms with Crippen molar-refractivity contribution in [3.63, 3.8) is 0 Å². The SMILES string of the molecule is COc1ccc(-c2cc(-c3ccccc3[N+](=O)[O-])c(C#N)c(N)n2)cc1. The molecule has 128 valence electrons. The Morgan fingerprint density at radius 1 is 1.15 bits per heavy atom. The van der Waals surface area contributed by atoms with Crippen LogP contribution in [0.5, 0.6) is 5.75 Å². The number of pyridine rings is 1. The molecule has 0 saturated heterocycles. The summed E-state index contributed by atoms with van der Waals surface area (Å²) in [5.41, 5.74) is 7.92. The van der Waals surface area contributed by atoms with E-state index in [0.717, 1.165) is 5.56 Å². The molecule has 0 bridgehead atoms. The number of aromatic nitrogens is 1. The van der Waals surface area contributed by atoms with Gasteiger partial charge in [0.1, 0.15) is 23.2 Å². The molecule has 0 unspecified atom stereocenters. The van der Waals surface area contributed by atoms with E-state index in [1.54, 1.807) is 55.6 Å². The highest BCUT2D eigenvalue weighted by Crippen LogP contribution is 2.36. The number of anilines is 1. The van der Waals surface area contributed by atoms with Crippen LogP contribution < -0.4 is 10.5 Å². The summed E-state index contributed by atoms with van der Waals surface area (Å²) in [5, 5.41) is 20.8. The summed E-state index contributed by atoms with van der Waals surface area (Å²) in [5.74, 6) is 0.711. The van der Waals surface area contributed by atoms with Crippen molar-refractivity contribution in [2.24, 2.45) is 0 Å². The fourth-order valence-corrected chi connectivity index (χ4v) is 2.66. The van der Waals surface area contributed by atoms with Crippen molar-refractivity contribution in [2.75, 3.05) is 12.8 Å². The van der Waals surface area contributed by atoms with Crippen LogP contribution in [0.2, 0.25) is 0 Å². The number of nitrogen functional groups attached to an aromatic ring is 1. The van der Waals surface area contributed by atoms with Gasteiger partial charge < -0.3 is 10.5 Å². The smallest absolute Gasteiger partial charge is 0.277 e. The molecule has 7 nitrogen and oxygen atoms in total. The van der Waals surface area contributed by atoms with Gasteiger partial charge in [0.2, 0.25) is 0 Å². The third-order valence-corrected chi connectivity index (χ3v) is 3.94. The fourth-order valence-electron chi connectivity index (χ4n) is 2.66. The van der Waals surface area contributed by atoms with Gasteiger partial charge >= 0.3 is 0 Å². The van der Waals surface area contributed by atoms with Crippen LogP contribution >= 0.6 is 0 Å². The minimum Gasteiger partial charge on any atom is -0.497 e. The molecule has 1 heterocycles. The van der Waals surface area contributed by atoms with E-state index in [9.17, 15) is 15.4 Å². The number of nitriles is 1. The minimum absolute atomic E-state index is 0.0222. The van der Waals surface area contributed by atoms with Crippen LogP contribution in [-0.4, -0.2) is 17.0 Å². The number of hydrogen-bond acceptors (Lipinski definition) is 6. The highest BCUT2D eigenvalue weighted by atomic mass is 16.6. The number of nitro groups is 1. The van der Waals surface area contributed by atoms with E-state index < -0.39 is 4.92 Å². The second-order valence-corrected chi connectivity index (χ2v) is 5.43. The largest absolute Gasteiger partial charge is 0.497 e. The predicted molar refractivity (Wildman–Crippen MR) is 97.4 cm³/mol. The third-order valence-electron chi connectivity index (χ3n) is 3.94. The lowest BCUT2D eigenvalue weighted by atomic mass is 9.97. The Bertz CT molecular complexity index is 1020. The first-order valence-corrected chi connectivity index (χ1v) is 7.64. The van der Waals surface area contributed by atoms with E-state index in [1.165, 1.54) is 6.07 Å². The Balaban J connectivity index is 2.24. The molecule has 0 aliphatic carbocycles. The number of nitrogens with zero attached hydrogens (tertiary/aromatic N) is 3. The normalized spacial score (nSPS) is 10.2. The molecule has 0 radical (unpaired) electrons. The minimum atomic E-state index is -0.486. The number of nitrogens with two attached hydrogens (primary N) is 1. The number of para-hydroxylation sites is 1. The molecule has 0 fully saturated rings. The molecule has 3 aromatic rings. The first kappa shape index (κ1) is 16.9. The van der Waals surface area contributed by atoms with Crippen molar-refractivity contribution in [1.82, 2.24) is 4.98 Å². The Hall–Kier alpha value is -3.92. The standard InChI is InChI=1S/C19H14N4O3/c1-26-13-8-6-12(7-9-13)17-10-15(16(11-20)19(21)22-17)14-4-2-3-5-18(14)23(24)25/h2-10H,1H3,(H2,21,22). The van der Waals surface area contributed by atoms with Gasteiger partial charge in [-0.2, -0.15) is 5.26 Å². The van der Waals surface area contributed by atoms with Crippen LogP contribution in [0.3, 0.4) is 0 Å². The van der Waals surface area contributed by atoms with Crippen LogP contribution in [0.1, 0.15) is 5.56 Å². The van der Waals surface area contributed by atoms with Gasteiger partial charge in [0.05, 0.1) is 23.3 Å². The Morgan fingerprint density at radius 2 is 1.85 bits per heavy atom. The van der Waals surface area contributed by atoms with Crippen molar-refractivity contribution < 1.29 is 9.66 Å². The molecule has 7 heteroatoms. The Kier molecular flexibility index (Phi) is 4.50. The van der Waals surface area contributed by atoms with E-state index >= 15 is 0 Å². The summed E-state index contributed by atoms with van der Waals surface area (Å²) in [6.07, 6.45) is 0. The quantitative estimate of drug-likeness (QED) is 0.567. The number of rotatable bonds is 4. The van der Waals surface area contributed by atoms with Crippen LogP contribution in [-0.2, 0) is 0 Å². The van der Waals surface area contributed by atoms with Crippen LogP contribution in [0.15, 0.2) is 54.6 Å². The van der Waals surface area contributed by atoms with Gasteiger partial charge in [0, 0.05) is 17.2 Å². The summed E-state index contributed by atoms with van der Waals surface area (Å²) in [6, 6.07) is 17.0. The zero-order valence-corrected chi connectivity index (χ0v) is 13.8. The molecule has 0 spiro atoms. The zero-order valence-electron chi connectivity index (χ0n) is 13.8. The first-order valence-electron chi connectivity index (χ1n) is 7.64. The van der Waals surface area contributed by atoms with Crippen molar-refractivity contribution in [2.45, 2.75) is 0 Å². The van der Waals surface area contributed by atoms with Crippen molar-refractivity contribution >= 4 is 11.5 Å². The monoisotopic (exact) mass is 346 g/mol. The highest BCUT2D eigenvalue weighted by molar-refractivity contribution is 5.84. The molecule has 2 N–H and O–H groups in total. The maximum atomic E-state index is 11.4. The van der Waals surface area contributed by atoms with E-state index in [1.807, 2.05) is 6.07 Å². The lowest BCUT2D eigenvalue weighted by Gasteiger charge is -2.11. The molecular formula is C19H14N4O3. The summed E-state index contributed by atoms with van der Waals surface area (Å²) in [6.45, 7) is 0. The van der Waals surface area contributed by atoms with E-state index in [0.29, 0.717) is 22.6 Å². The molecule has 0 aliphatic heterocycles. The maximum absolute atomic E-state index is 11.4. The molecular weight excluding hydrogens is 332 g/mol. The molecule has 0 saturated carbocycles. The van der Waals surface area contributed by atoms with Crippen LogP contribution in [0, 0.1) is 21.4 Å². The molecule has 3 rings (SSSR count). The predicted octanol–water partition coefficient (Wildman–Crippen LogP) is 3.79. The molecule has 0 aliphatic rings. The van der Waals surface area contributed by atoms with Gasteiger partial charge in [-0.3, -0.25) is 10.1 Å². The van der Waals surface area contributed by atoms with Crippen molar-refractivity contribution in [3.05, 3.63) is 70.3 Å². The number of nitro benzene ring substituents is 1. The van der Waals surface area contributed by atoms with Gasteiger partial charge in [-0.05, 0) is 36.4 Å². The topological polar surface area (TPSA) is 115 Å². The van der Waals surface area contributed by atoms with E-state index in [2.05, 4.69) is 4.98 Å². The molecule has 26 heavy (non-hydrogen) atoms. The van der Waals surface area contributed by atoms with Gasteiger partial charge in [-0.15, -0.1) is 0 Å². The highest BCUT2D eigenvalue weighted by Gasteiger charge is 2.20. The molecule has 2 aromatic carbocycles. The average molecular weight is 346 g/mol. The third kappa shape index (κ3) is 3.03.